The zero-order valence-electron chi connectivity index (χ0n) is 5.52. The van der Waals surface area contributed by atoms with Crippen molar-refractivity contribution in [3.63, 3.8) is 0 Å². The van der Waals surface area contributed by atoms with E-state index in [0.717, 1.165) is 0 Å². The fourth-order valence-corrected chi connectivity index (χ4v) is 0.946. The van der Waals surface area contributed by atoms with Gasteiger partial charge in [0.25, 0.3) is 5.95 Å². The average Bonchev–Trinajstić information content (AvgIpc) is 1.49. The van der Waals surface area contributed by atoms with Crippen molar-refractivity contribution >= 4 is 15.6 Å². The van der Waals surface area contributed by atoms with Crippen molar-refractivity contribution in [1.82, 2.24) is 0 Å². The zero-order valence-corrected chi connectivity index (χ0v) is 7.31. The van der Waals surface area contributed by atoms with Crippen LogP contribution in [-0.2, 0) is 18.2 Å². The topological polar surface area (TPSA) is 134 Å². The summed E-state index contributed by atoms with van der Waals surface area (Å²) < 4.78 is 27.2. The summed E-state index contributed by atoms with van der Waals surface area (Å²) in [5, 5.41) is 0. The van der Waals surface area contributed by atoms with Crippen molar-refractivity contribution < 1.29 is 37.8 Å². The van der Waals surface area contributed by atoms with Crippen molar-refractivity contribution in [3.8, 4) is 0 Å². The van der Waals surface area contributed by atoms with E-state index in [0.29, 0.717) is 0 Å². The number of hydrogen-bond donors (Lipinski definition) is 4. The van der Waals surface area contributed by atoms with E-state index in [4.69, 9.17) is 19.6 Å². The summed E-state index contributed by atoms with van der Waals surface area (Å²) in [5.41, 5.74) is 0. The Morgan fingerprint density at radius 2 is 1.25 bits per heavy atom. The van der Waals surface area contributed by atoms with E-state index in [-0.39, 0.29) is 0 Å². The zero-order chi connectivity index (χ0) is 9.99. The fraction of sp³-hybridized carbons (Fsp3) is 0. The van der Waals surface area contributed by atoms with Crippen LogP contribution < -0.4 is 0 Å². The fourth-order valence-electron chi connectivity index (χ4n) is 0.282. The molecule has 0 aliphatic heterocycles. The Morgan fingerprint density at radius 3 is 1.42 bits per heavy atom. The maximum Gasteiger partial charge on any atom is 0.527 e. The maximum absolute atomic E-state index is 10.0. The number of hydrogen-bond acceptors (Lipinski definition) is 4. The van der Waals surface area contributed by atoms with Crippen LogP contribution in [0.2, 0.25) is 0 Å². The van der Waals surface area contributed by atoms with E-state index in [1.807, 2.05) is 0 Å². The van der Waals surface area contributed by atoms with Crippen molar-refractivity contribution in [1.29, 1.82) is 0 Å². The first-order valence-corrected chi connectivity index (χ1v) is 5.35. The SMILES string of the molecule is C=C(OP(=O)(O)O)OP(=O)(O)O. The third-order valence-electron chi connectivity index (χ3n) is 0.441. The Morgan fingerprint density at radius 1 is 1.00 bits per heavy atom. The minimum atomic E-state index is -4.88. The van der Waals surface area contributed by atoms with Gasteiger partial charge in [0.15, 0.2) is 0 Å². The number of phosphoric acid groups is 2. The third-order valence-corrected chi connectivity index (χ3v) is 1.32. The van der Waals surface area contributed by atoms with Gasteiger partial charge in [-0.1, -0.05) is 0 Å². The van der Waals surface area contributed by atoms with Crippen LogP contribution in [0.4, 0.5) is 0 Å². The second kappa shape index (κ2) is 3.57. The van der Waals surface area contributed by atoms with E-state index in [1.54, 1.807) is 0 Å². The lowest BCUT2D eigenvalue weighted by atomic mass is 11.1. The Kier molecular flexibility index (Phi) is 3.46. The first-order chi connectivity index (χ1) is 5.10. The number of phosphoric ester groups is 2. The summed E-state index contributed by atoms with van der Waals surface area (Å²) in [6, 6.07) is 0. The summed E-state index contributed by atoms with van der Waals surface area (Å²) in [7, 11) is -9.75. The van der Waals surface area contributed by atoms with Crippen LogP contribution in [0.25, 0.3) is 0 Å². The summed E-state index contributed by atoms with van der Waals surface area (Å²) >= 11 is 0. The largest absolute Gasteiger partial charge is 0.527 e. The van der Waals surface area contributed by atoms with Crippen LogP contribution >= 0.6 is 15.6 Å². The van der Waals surface area contributed by atoms with Gasteiger partial charge in [-0.3, -0.25) is 19.6 Å². The molecule has 0 aromatic heterocycles. The molecule has 72 valence electrons. The van der Waals surface area contributed by atoms with Gasteiger partial charge in [-0.05, 0) is 6.58 Å². The van der Waals surface area contributed by atoms with Crippen LogP contribution in [0.15, 0.2) is 12.5 Å². The molecule has 0 amide bonds. The molecular weight excluding hydrogens is 214 g/mol. The predicted molar refractivity (Wildman–Crippen MR) is 35.4 cm³/mol. The standard InChI is InChI=1S/C2H6O8P2/c1-2(9-11(3,4)5)10-12(6,7)8/h1H2,(H2,3,4,5)(H2,6,7,8). The summed E-state index contributed by atoms with van der Waals surface area (Å²) in [5.74, 6) is -1.14. The molecule has 0 heterocycles. The molecule has 10 heteroatoms. The minimum Gasteiger partial charge on any atom is -0.371 e. The van der Waals surface area contributed by atoms with E-state index in [1.165, 1.54) is 0 Å². The van der Waals surface area contributed by atoms with Crippen molar-refractivity contribution in [2.24, 2.45) is 0 Å². The predicted octanol–water partition coefficient (Wildman–Crippen LogP) is -0.324. The van der Waals surface area contributed by atoms with E-state index >= 15 is 0 Å². The maximum atomic E-state index is 10.0. The molecule has 0 atom stereocenters. The molecule has 0 aliphatic carbocycles. The van der Waals surface area contributed by atoms with Gasteiger partial charge in [-0.25, -0.2) is 9.13 Å². The Hall–Kier alpha value is -0.360. The summed E-state index contributed by atoms with van der Waals surface area (Å²) in [6.45, 7) is 2.70. The highest BCUT2D eigenvalue weighted by Gasteiger charge is 2.23. The average molecular weight is 220 g/mol. The van der Waals surface area contributed by atoms with Crippen molar-refractivity contribution in [2.75, 3.05) is 0 Å². The van der Waals surface area contributed by atoms with Gasteiger partial charge >= 0.3 is 15.6 Å². The highest BCUT2D eigenvalue weighted by Crippen LogP contribution is 2.45. The molecule has 0 aromatic rings. The molecule has 0 bridgehead atoms. The molecule has 8 nitrogen and oxygen atoms in total. The second-order valence-corrected chi connectivity index (χ2v) is 3.86. The van der Waals surface area contributed by atoms with Crippen LogP contribution in [-0.4, -0.2) is 19.6 Å². The molecule has 0 saturated carbocycles. The van der Waals surface area contributed by atoms with E-state index in [9.17, 15) is 9.13 Å². The molecular formula is C2H6O8P2. The van der Waals surface area contributed by atoms with Crippen molar-refractivity contribution in [2.45, 2.75) is 0 Å². The normalized spacial score (nSPS) is 12.3. The minimum absolute atomic E-state index is 1.14. The molecule has 4 N–H and O–H groups in total. The number of rotatable bonds is 4. The molecule has 0 unspecified atom stereocenters. The molecule has 12 heavy (non-hydrogen) atoms. The Labute approximate surface area is 66.9 Å². The second-order valence-electron chi connectivity index (χ2n) is 1.54. The van der Waals surface area contributed by atoms with Gasteiger partial charge < -0.3 is 9.05 Å². The smallest absolute Gasteiger partial charge is 0.371 e. The molecule has 0 aliphatic rings. The first-order valence-electron chi connectivity index (χ1n) is 2.29. The van der Waals surface area contributed by atoms with Gasteiger partial charge in [0.2, 0.25) is 0 Å². The van der Waals surface area contributed by atoms with Gasteiger partial charge in [0.05, 0.1) is 0 Å². The molecule has 0 rings (SSSR count). The van der Waals surface area contributed by atoms with Crippen LogP contribution in [0, 0.1) is 0 Å². The lowest BCUT2D eigenvalue weighted by molar-refractivity contribution is 0.136. The lowest BCUT2D eigenvalue weighted by Crippen LogP contribution is -1.93. The van der Waals surface area contributed by atoms with Gasteiger partial charge in [-0.2, -0.15) is 0 Å². The van der Waals surface area contributed by atoms with Gasteiger partial charge in [0, 0.05) is 0 Å². The molecule has 0 fully saturated rings. The molecule has 0 aromatic carbocycles. The molecule has 0 saturated heterocycles. The highest BCUT2D eigenvalue weighted by molar-refractivity contribution is 7.47. The third kappa shape index (κ3) is 7.74. The summed E-state index contributed by atoms with van der Waals surface area (Å²) in [6.07, 6.45) is 0. The molecule has 0 spiro atoms. The van der Waals surface area contributed by atoms with Gasteiger partial charge in [0.1, 0.15) is 0 Å². The lowest BCUT2D eigenvalue weighted by Gasteiger charge is -2.10. The van der Waals surface area contributed by atoms with E-state index < -0.39 is 21.6 Å². The molecule has 0 radical (unpaired) electrons. The quantitative estimate of drug-likeness (QED) is 0.374. The van der Waals surface area contributed by atoms with Gasteiger partial charge in [-0.15, -0.1) is 0 Å². The first kappa shape index (κ1) is 11.6. The van der Waals surface area contributed by atoms with Crippen LogP contribution in [0.1, 0.15) is 0 Å². The summed E-state index contributed by atoms with van der Waals surface area (Å²) in [4.78, 5) is 32.3. The van der Waals surface area contributed by atoms with E-state index in [2.05, 4.69) is 15.6 Å². The Bertz CT molecular complexity index is 230. The monoisotopic (exact) mass is 220 g/mol. The Balaban J connectivity index is 4.10. The van der Waals surface area contributed by atoms with Crippen LogP contribution in [0.3, 0.4) is 0 Å². The van der Waals surface area contributed by atoms with Crippen molar-refractivity contribution in [3.05, 3.63) is 12.5 Å². The highest BCUT2D eigenvalue weighted by atomic mass is 31.2. The van der Waals surface area contributed by atoms with Crippen LogP contribution in [0.5, 0.6) is 0 Å².